The van der Waals surface area contributed by atoms with Crippen LogP contribution in [0.4, 0.5) is 0 Å². The summed E-state index contributed by atoms with van der Waals surface area (Å²) in [7, 11) is 0. The molecule has 0 spiro atoms. The van der Waals surface area contributed by atoms with Crippen molar-refractivity contribution in [1.29, 1.82) is 0 Å². The molecule has 0 atom stereocenters. The predicted octanol–water partition coefficient (Wildman–Crippen LogP) is 0.882. The van der Waals surface area contributed by atoms with Crippen LogP contribution in [0.2, 0.25) is 0 Å². The van der Waals surface area contributed by atoms with Crippen molar-refractivity contribution in [3.63, 3.8) is 0 Å². The molecule has 0 aliphatic heterocycles. The Morgan fingerprint density at radius 1 is 1.14 bits per heavy atom. The maximum Gasteiger partial charge on any atom is 0.335 e. The topological polar surface area (TPSA) is 108 Å². The van der Waals surface area contributed by atoms with Gasteiger partial charge in [-0.3, -0.25) is 9.59 Å². The smallest absolute Gasteiger partial charge is 0.335 e. The number of nitrogens with one attached hydrogen (secondary N) is 2. The number of benzene rings is 1. The largest absolute Gasteiger partial charge is 0.492 e. The first-order chi connectivity index (χ1) is 10.6. The average molecular weight is 302 g/mol. The number of carboxylic acids is 1. The lowest BCUT2D eigenvalue weighted by atomic mass is 10.2. The molecule has 0 aliphatic rings. The molecular weight excluding hydrogens is 288 g/mol. The monoisotopic (exact) mass is 302 g/mol. The van der Waals surface area contributed by atoms with Gasteiger partial charge >= 0.3 is 5.97 Å². The zero-order valence-electron chi connectivity index (χ0n) is 11.5. The van der Waals surface area contributed by atoms with Crippen molar-refractivity contribution in [3.05, 3.63) is 64.1 Å². The van der Waals surface area contributed by atoms with Gasteiger partial charge in [0.25, 0.3) is 5.91 Å². The summed E-state index contributed by atoms with van der Waals surface area (Å²) in [5.74, 6) is -0.858. The summed E-state index contributed by atoms with van der Waals surface area (Å²) >= 11 is 0. The second kappa shape index (κ2) is 7.07. The van der Waals surface area contributed by atoms with Crippen LogP contribution in [0.5, 0.6) is 5.75 Å². The lowest BCUT2D eigenvalue weighted by Crippen LogP contribution is -2.28. The summed E-state index contributed by atoms with van der Waals surface area (Å²) < 4.78 is 5.38. The van der Waals surface area contributed by atoms with Crippen LogP contribution in [-0.2, 0) is 0 Å². The number of hydrogen-bond donors (Lipinski definition) is 3. The first kappa shape index (κ1) is 15.3. The molecule has 2 aromatic rings. The Kier molecular flexibility index (Phi) is 4.92. The molecule has 1 heterocycles. The van der Waals surface area contributed by atoms with Crippen molar-refractivity contribution in [1.82, 2.24) is 10.3 Å². The van der Waals surface area contributed by atoms with E-state index < -0.39 is 5.97 Å². The van der Waals surface area contributed by atoms with Crippen molar-refractivity contribution in [3.8, 4) is 5.75 Å². The minimum absolute atomic E-state index is 0.176. The van der Waals surface area contributed by atoms with Crippen LogP contribution in [-0.4, -0.2) is 35.1 Å². The van der Waals surface area contributed by atoms with Gasteiger partial charge in [0.2, 0.25) is 5.56 Å². The Morgan fingerprint density at radius 3 is 2.50 bits per heavy atom. The minimum atomic E-state index is -1.00. The number of carbonyl (C=O) groups is 2. The Morgan fingerprint density at radius 2 is 1.86 bits per heavy atom. The number of aromatic carboxylic acids is 1. The van der Waals surface area contributed by atoms with Gasteiger partial charge in [-0.1, -0.05) is 0 Å². The quantitative estimate of drug-likeness (QED) is 0.686. The van der Waals surface area contributed by atoms with Gasteiger partial charge < -0.3 is 20.1 Å². The molecule has 1 amide bonds. The van der Waals surface area contributed by atoms with E-state index in [1.165, 1.54) is 30.5 Å². The molecule has 7 heteroatoms. The van der Waals surface area contributed by atoms with Crippen LogP contribution in [0, 0.1) is 0 Å². The average Bonchev–Trinajstić information content (AvgIpc) is 2.51. The van der Waals surface area contributed by atoms with Gasteiger partial charge in [-0.15, -0.1) is 0 Å². The molecule has 1 aromatic heterocycles. The van der Waals surface area contributed by atoms with Gasteiger partial charge in [0.1, 0.15) is 12.4 Å². The highest BCUT2D eigenvalue weighted by atomic mass is 16.5. The molecule has 0 saturated heterocycles. The fraction of sp³-hybridized carbons (Fsp3) is 0.133. The van der Waals surface area contributed by atoms with Gasteiger partial charge in [0.05, 0.1) is 12.1 Å². The number of carboxylic acid groups (broad SMARTS) is 1. The SMILES string of the molecule is O=C(O)c1ccc(OCCNC(=O)c2cc[nH]c(=O)c2)cc1. The van der Waals surface area contributed by atoms with Crippen molar-refractivity contribution < 1.29 is 19.4 Å². The van der Waals surface area contributed by atoms with E-state index in [-0.39, 0.29) is 35.7 Å². The number of H-pyrrole nitrogens is 1. The lowest BCUT2D eigenvalue weighted by Gasteiger charge is -2.08. The third-order valence-electron chi connectivity index (χ3n) is 2.79. The number of aromatic nitrogens is 1. The number of carbonyl (C=O) groups excluding carboxylic acids is 1. The summed E-state index contributed by atoms with van der Waals surface area (Å²) in [6.07, 6.45) is 1.40. The fourth-order valence-electron chi connectivity index (χ4n) is 1.72. The molecule has 0 fully saturated rings. The number of ether oxygens (including phenoxy) is 1. The first-order valence-electron chi connectivity index (χ1n) is 6.49. The Labute approximate surface area is 125 Å². The highest BCUT2D eigenvalue weighted by molar-refractivity contribution is 5.93. The molecular formula is C15H14N2O5. The normalized spacial score (nSPS) is 10.0. The molecule has 0 unspecified atom stereocenters. The van der Waals surface area contributed by atoms with Gasteiger partial charge in [0, 0.05) is 17.8 Å². The van der Waals surface area contributed by atoms with Crippen molar-refractivity contribution in [2.45, 2.75) is 0 Å². The molecule has 0 aliphatic carbocycles. The van der Waals surface area contributed by atoms with E-state index in [0.29, 0.717) is 5.75 Å². The number of amides is 1. The molecule has 3 N–H and O–H groups in total. The van der Waals surface area contributed by atoms with E-state index in [0.717, 1.165) is 0 Å². The van der Waals surface area contributed by atoms with Crippen LogP contribution in [0.1, 0.15) is 20.7 Å². The van der Waals surface area contributed by atoms with Crippen LogP contribution in [0.15, 0.2) is 47.4 Å². The maximum atomic E-state index is 11.7. The van der Waals surface area contributed by atoms with Gasteiger partial charge in [-0.2, -0.15) is 0 Å². The first-order valence-corrected chi connectivity index (χ1v) is 6.49. The highest BCUT2D eigenvalue weighted by Crippen LogP contribution is 2.11. The Bertz CT molecular complexity index is 721. The van der Waals surface area contributed by atoms with Gasteiger partial charge in [0.15, 0.2) is 0 Å². The van der Waals surface area contributed by atoms with Crippen LogP contribution >= 0.6 is 0 Å². The third-order valence-corrected chi connectivity index (χ3v) is 2.79. The lowest BCUT2D eigenvalue weighted by molar-refractivity contribution is 0.0696. The number of hydrogen-bond acceptors (Lipinski definition) is 4. The minimum Gasteiger partial charge on any atom is -0.492 e. The summed E-state index contributed by atoms with van der Waals surface area (Å²) in [5.41, 5.74) is 0.104. The zero-order chi connectivity index (χ0) is 15.9. The Hall–Kier alpha value is -3.09. The van der Waals surface area contributed by atoms with E-state index in [1.54, 1.807) is 12.1 Å². The molecule has 0 radical (unpaired) electrons. The highest BCUT2D eigenvalue weighted by Gasteiger charge is 2.05. The van der Waals surface area contributed by atoms with Gasteiger partial charge in [-0.25, -0.2) is 4.79 Å². The summed E-state index contributed by atoms with van der Waals surface area (Å²) in [5, 5.41) is 11.4. The molecule has 22 heavy (non-hydrogen) atoms. The predicted molar refractivity (Wildman–Crippen MR) is 78.3 cm³/mol. The van der Waals surface area contributed by atoms with E-state index >= 15 is 0 Å². The fourth-order valence-corrected chi connectivity index (χ4v) is 1.72. The van der Waals surface area contributed by atoms with Crippen LogP contribution in [0.3, 0.4) is 0 Å². The molecule has 114 valence electrons. The van der Waals surface area contributed by atoms with Crippen LogP contribution < -0.4 is 15.6 Å². The number of pyridine rings is 1. The molecule has 0 bridgehead atoms. The van der Waals surface area contributed by atoms with E-state index in [1.807, 2.05) is 0 Å². The second-order valence-electron chi connectivity index (χ2n) is 4.38. The summed E-state index contributed by atoms with van der Waals surface area (Å²) in [6.45, 7) is 0.480. The maximum absolute atomic E-state index is 11.7. The molecule has 7 nitrogen and oxygen atoms in total. The van der Waals surface area contributed by atoms with E-state index in [2.05, 4.69) is 10.3 Å². The Balaban J connectivity index is 1.78. The van der Waals surface area contributed by atoms with Crippen LogP contribution in [0.25, 0.3) is 0 Å². The van der Waals surface area contributed by atoms with Crippen molar-refractivity contribution >= 4 is 11.9 Å². The summed E-state index contributed by atoms with van der Waals surface area (Å²) in [6, 6.07) is 8.67. The zero-order valence-corrected chi connectivity index (χ0v) is 11.5. The number of aromatic amines is 1. The van der Waals surface area contributed by atoms with Gasteiger partial charge in [-0.05, 0) is 30.3 Å². The van der Waals surface area contributed by atoms with Crippen molar-refractivity contribution in [2.75, 3.05) is 13.2 Å². The summed E-state index contributed by atoms with van der Waals surface area (Å²) in [4.78, 5) is 35.9. The second-order valence-corrected chi connectivity index (χ2v) is 4.38. The molecule has 0 saturated carbocycles. The third kappa shape index (κ3) is 4.20. The number of rotatable bonds is 6. The standard InChI is InChI=1S/C15H14N2O5/c18-13-9-11(5-6-16-13)14(19)17-7-8-22-12-3-1-10(2-4-12)15(20)21/h1-6,9H,7-8H2,(H,16,18)(H,17,19)(H,20,21). The molecule has 1 aromatic carbocycles. The molecule has 2 rings (SSSR count). The van der Waals surface area contributed by atoms with E-state index in [4.69, 9.17) is 9.84 Å². The van der Waals surface area contributed by atoms with Crippen molar-refractivity contribution in [2.24, 2.45) is 0 Å². The van der Waals surface area contributed by atoms with E-state index in [9.17, 15) is 14.4 Å².